The monoisotopic (exact) mass is 628 g/mol. The van der Waals surface area contributed by atoms with E-state index >= 15 is 0 Å². The minimum absolute atomic E-state index is 0.0230. The molecule has 0 spiro atoms. The standard InChI is InChI=1S/C33H48N4O6S/c1-21(2)19-43-28(40)11-9-7-8-10-27(39)36-30(33(4,5)6)32(42)37-18-25(38)16-26(37)31(41)34-17-23-12-14-24(15-13-23)29-22(3)35-20-44-29/h12-15,20-21,25-26,30,38H,7-11,16-19H2,1-6H3,(H,34,41)(H,36,39)/t25-,26+,30-/m1/s1. The van der Waals surface area contributed by atoms with Gasteiger partial charge >= 0.3 is 5.97 Å². The van der Waals surface area contributed by atoms with E-state index in [0.29, 0.717) is 32.3 Å². The number of β-amino-alcohol motifs (C(OH)–C–C–N with tert-alkyl or cyclic N) is 1. The first-order valence-corrected chi connectivity index (χ1v) is 16.3. The van der Waals surface area contributed by atoms with Gasteiger partial charge in [0.1, 0.15) is 12.1 Å². The number of nitrogens with one attached hydrogen (secondary N) is 2. The minimum atomic E-state index is -0.871. The van der Waals surface area contributed by atoms with Crippen molar-refractivity contribution in [3.63, 3.8) is 0 Å². The van der Waals surface area contributed by atoms with Crippen LogP contribution in [0.3, 0.4) is 0 Å². The third kappa shape index (κ3) is 10.4. The summed E-state index contributed by atoms with van der Waals surface area (Å²) in [7, 11) is 0. The van der Waals surface area contributed by atoms with Gasteiger partial charge in [-0.2, -0.15) is 0 Å². The van der Waals surface area contributed by atoms with Crippen LogP contribution >= 0.6 is 11.3 Å². The van der Waals surface area contributed by atoms with Crippen LogP contribution in [0.25, 0.3) is 10.4 Å². The summed E-state index contributed by atoms with van der Waals surface area (Å²) in [5.41, 5.74) is 4.14. The second-order valence-electron chi connectivity index (χ2n) is 13.1. The van der Waals surface area contributed by atoms with Crippen LogP contribution in [0.5, 0.6) is 0 Å². The zero-order chi connectivity index (χ0) is 32.4. The van der Waals surface area contributed by atoms with Crippen LogP contribution in [0.15, 0.2) is 29.8 Å². The van der Waals surface area contributed by atoms with E-state index in [-0.39, 0.29) is 55.5 Å². The Kier molecular flexibility index (Phi) is 12.9. The van der Waals surface area contributed by atoms with Crippen LogP contribution in [-0.2, 0) is 30.5 Å². The van der Waals surface area contributed by atoms with Gasteiger partial charge in [0.05, 0.1) is 28.8 Å². The van der Waals surface area contributed by atoms with Gasteiger partial charge in [-0.05, 0) is 42.2 Å². The molecule has 3 N–H and O–H groups in total. The number of hydrogen-bond donors (Lipinski definition) is 3. The van der Waals surface area contributed by atoms with E-state index in [1.165, 1.54) is 4.90 Å². The number of unbranched alkanes of at least 4 members (excludes halogenated alkanes) is 2. The molecule has 2 heterocycles. The SMILES string of the molecule is Cc1ncsc1-c1ccc(CNC(=O)[C@@H]2C[C@@H](O)CN2C(=O)[C@@H](NC(=O)CCCCCC(=O)OCC(C)C)C(C)(C)C)cc1. The molecule has 1 fully saturated rings. The summed E-state index contributed by atoms with van der Waals surface area (Å²) in [4.78, 5) is 58.4. The molecule has 1 aromatic carbocycles. The van der Waals surface area contributed by atoms with E-state index in [4.69, 9.17) is 4.74 Å². The van der Waals surface area contributed by atoms with E-state index < -0.39 is 23.6 Å². The number of aliphatic hydroxyl groups is 1. The molecule has 10 nitrogen and oxygen atoms in total. The predicted octanol–water partition coefficient (Wildman–Crippen LogP) is 4.38. The molecule has 1 saturated heterocycles. The molecule has 0 radical (unpaired) electrons. The molecule has 44 heavy (non-hydrogen) atoms. The van der Waals surface area contributed by atoms with Crippen molar-refractivity contribution in [3.8, 4) is 10.4 Å². The quantitative estimate of drug-likeness (QED) is 0.209. The lowest BCUT2D eigenvalue weighted by molar-refractivity contribution is -0.145. The van der Waals surface area contributed by atoms with Crippen molar-refractivity contribution in [1.29, 1.82) is 0 Å². The molecule has 3 amide bonds. The summed E-state index contributed by atoms with van der Waals surface area (Å²) in [6.45, 7) is 12.2. The van der Waals surface area contributed by atoms with Gasteiger partial charge in [0.25, 0.3) is 0 Å². The lowest BCUT2D eigenvalue weighted by atomic mass is 9.85. The maximum atomic E-state index is 13.8. The first kappa shape index (κ1) is 35.2. The normalized spacial score (nSPS) is 17.4. The summed E-state index contributed by atoms with van der Waals surface area (Å²) in [6.07, 6.45) is 1.72. The van der Waals surface area contributed by atoms with Gasteiger partial charge in [-0.3, -0.25) is 19.2 Å². The fourth-order valence-electron chi connectivity index (χ4n) is 5.08. The van der Waals surface area contributed by atoms with Crippen molar-refractivity contribution in [2.75, 3.05) is 13.2 Å². The predicted molar refractivity (Wildman–Crippen MR) is 171 cm³/mol. The van der Waals surface area contributed by atoms with Crippen molar-refractivity contribution in [2.24, 2.45) is 11.3 Å². The van der Waals surface area contributed by atoms with Crippen LogP contribution in [0.1, 0.15) is 84.4 Å². The lowest BCUT2D eigenvalue weighted by Gasteiger charge is -2.35. The Labute approximate surface area is 265 Å². The molecule has 242 valence electrons. The molecule has 1 aliphatic rings. The fourth-order valence-corrected chi connectivity index (χ4v) is 5.89. The number of ether oxygens (including phenoxy) is 1. The molecule has 2 aromatic rings. The number of hydrogen-bond acceptors (Lipinski definition) is 8. The van der Waals surface area contributed by atoms with Crippen molar-refractivity contribution < 1.29 is 29.0 Å². The second-order valence-corrected chi connectivity index (χ2v) is 13.9. The Hall–Kier alpha value is -3.31. The summed E-state index contributed by atoms with van der Waals surface area (Å²) >= 11 is 1.58. The van der Waals surface area contributed by atoms with Crippen LogP contribution in [0.4, 0.5) is 0 Å². The van der Waals surface area contributed by atoms with Gasteiger partial charge in [-0.25, -0.2) is 4.98 Å². The Bertz CT molecular complexity index is 1270. The molecule has 3 rings (SSSR count). The topological polar surface area (TPSA) is 138 Å². The maximum Gasteiger partial charge on any atom is 0.305 e. The highest BCUT2D eigenvalue weighted by Crippen LogP contribution is 2.28. The van der Waals surface area contributed by atoms with Gasteiger partial charge < -0.3 is 25.4 Å². The Morgan fingerprint density at radius 1 is 1.09 bits per heavy atom. The van der Waals surface area contributed by atoms with Crippen LogP contribution in [-0.4, -0.2) is 70.0 Å². The summed E-state index contributed by atoms with van der Waals surface area (Å²) in [5, 5.41) is 16.2. The lowest BCUT2D eigenvalue weighted by Crippen LogP contribution is -2.57. The molecule has 0 unspecified atom stereocenters. The highest BCUT2D eigenvalue weighted by molar-refractivity contribution is 7.13. The zero-order valence-corrected chi connectivity index (χ0v) is 27.7. The third-order valence-electron chi connectivity index (χ3n) is 7.57. The number of aromatic nitrogens is 1. The van der Waals surface area contributed by atoms with E-state index in [1.807, 2.05) is 71.3 Å². The smallest absolute Gasteiger partial charge is 0.305 e. The van der Waals surface area contributed by atoms with E-state index in [2.05, 4.69) is 15.6 Å². The highest BCUT2D eigenvalue weighted by atomic mass is 32.1. The summed E-state index contributed by atoms with van der Waals surface area (Å²) in [6, 6.07) is 6.18. The molecule has 1 aromatic heterocycles. The minimum Gasteiger partial charge on any atom is -0.465 e. The molecule has 0 aliphatic carbocycles. The maximum absolute atomic E-state index is 13.8. The first-order valence-electron chi connectivity index (χ1n) is 15.5. The number of nitrogens with zero attached hydrogens (tertiary/aromatic N) is 2. The van der Waals surface area contributed by atoms with E-state index in [1.54, 1.807) is 11.3 Å². The number of amides is 3. The summed E-state index contributed by atoms with van der Waals surface area (Å²) < 4.78 is 5.18. The highest BCUT2D eigenvalue weighted by Gasteiger charge is 2.44. The Morgan fingerprint density at radius 2 is 1.77 bits per heavy atom. The van der Waals surface area contributed by atoms with Gasteiger partial charge in [-0.1, -0.05) is 65.3 Å². The fraction of sp³-hybridized carbons (Fsp3) is 0.606. The van der Waals surface area contributed by atoms with Crippen LogP contribution in [0, 0.1) is 18.3 Å². The Balaban J connectivity index is 1.53. The molecular weight excluding hydrogens is 580 g/mol. The average Bonchev–Trinajstić information content (AvgIpc) is 3.58. The first-order chi connectivity index (χ1) is 20.8. The average molecular weight is 629 g/mol. The third-order valence-corrected chi connectivity index (χ3v) is 8.55. The van der Waals surface area contributed by atoms with Crippen LogP contribution < -0.4 is 10.6 Å². The number of aryl methyl sites for hydroxylation is 1. The van der Waals surface area contributed by atoms with Crippen molar-refractivity contribution in [3.05, 3.63) is 41.0 Å². The van der Waals surface area contributed by atoms with Crippen molar-refractivity contribution in [2.45, 2.75) is 105 Å². The molecule has 11 heteroatoms. The largest absolute Gasteiger partial charge is 0.465 e. The number of esters is 1. The number of likely N-dealkylation sites (tertiary alicyclic amines) is 1. The molecule has 0 saturated carbocycles. The van der Waals surface area contributed by atoms with Gasteiger partial charge in [0.2, 0.25) is 17.7 Å². The van der Waals surface area contributed by atoms with Crippen LogP contribution in [0.2, 0.25) is 0 Å². The number of carbonyl (C=O) groups excluding carboxylic acids is 4. The van der Waals surface area contributed by atoms with Gasteiger partial charge in [0, 0.05) is 32.4 Å². The molecule has 3 atom stereocenters. The number of thiazole rings is 1. The molecule has 0 bridgehead atoms. The molecular formula is C33H48N4O6S. The van der Waals surface area contributed by atoms with Gasteiger partial charge in [0.15, 0.2) is 0 Å². The number of benzene rings is 1. The number of rotatable bonds is 14. The van der Waals surface area contributed by atoms with E-state index in [0.717, 1.165) is 21.7 Å². The van der Waals surface area contributed by atoms with Crippen molar-refractivity contribution in [1.82, 2.24) is 20.5 Å². The zero-order valence-electron chi connectivity index (χ0n) is 26.9. The van der Waals surface area contributed by atoms with E-state index in [9.17, 15) is 24.3 Å². The number of carbonyl (C=O) groups is 4. The summed E-state index contributed by atoms with van der Waals surface area (Å²) in [5.74, 6) is -0.939. The van der Waals surface area contributed by atoms with Gasteiger partial charge in [-0.15, -0.1) is 11.3 Å². The second kappa shape index (κ2) is 16.1. The number of aliphatic hydroxyl groups excluding tert-OH is 1. The molecule has 1 aliphatic heterocycles. The van der Waals surface area contributed by atoms with Crippen molar-refractivity contribution >= 4 is 35.0 Å². The Morgan fingerprint density at radius 3 is 2.39 bits per heavy atom.